The van der Waals surface area contributed by atoms with Crippen molar-refractivity contribution in [3.8, 4) is 0 Å². The second-order valence-corrected chi connectivity index (χ2v) is 4.60. The number of hydrogen-bond donors (Lipinski definition) is 1. The fourth-order valence-corrected chi connectivity index (χ4v) is 1.68. The van der Waals surface area contributed by atoms with E-state index in [0.717, 1.165) is 11.1 Å². The first kappa shape index (κ1) is 12.4. The monoisotopic (exact) mass is 248 g/mol. The third kappa shape index (κ3) is 2.30. The van der Waals surface area contributed by atoms with Crippen LogP contribution in [0.1, 0.15) is 19.4 Å². The number of hydrogen-bond acceptors (Lipinski definition) is 3. The van der Waals surface area contributed by atoms with Crippen LogP contribution in [0.4, 0.5) is 0 Å². The highest BCUT2D eigenvalue weighted by Gasteiger charge is 2.08. The van der Waals surface area contributed by atoms with Crippen molar-refractivity contribution in [1.82, 2.24) is 9.88 Å². The number of amides is 1. The summed E-state index contributed by atoms with van der Waals surface area (Å²) < 4.78 is 6.49. The lowest BCUT2D eigenvalue weighted by Crippen LogP contribution is -2.27. The molecule has 0 aliphatic carbocycles. The second-order valence-electron chi connectivity index (χ2n) is 4.60. The van der Waals surface area contributed by atoms with Gasteiger partial charge in [0, 0.05) is 19.5 Å². The highest BCUT2D eigenvalue weighted by molar-refractivity contribution is 5.78. The van der Waals surface area contributed by atoms with Crippen molar-refractivity contribution < 1.29 is 9.21 Å². The summed E-state index contributed by atoms with van der Waals surface area (Å²) in [5.74, 6) is -0.406. The van der Waals surface area contributed by atoms with Crippen molar-refractivity contribution in [2.45, 2.75) is 20.4 Å². The number of nitrogens with zero attached hydrogens (tertiary/aromatic N) is 1. The maximum Gasteiger partial charge on any atom is 0.419 e. The number of aryl methyl sites for hydroxylation is 1. The van der Waals surface area contributed by atoms with Crippen LogP contribution in [0.3, 0.4) is 0 Å². The van der Waals surface area contributed by atoms with Crippen molar-refractivity contribution in [3.63, 3.8) is 0 Å². The maximum absolute atomic E-state index is 11.5. The molecule has 1 amide bonds. The molecule has 0 saturated carbocycles. The minimum absolute atomic E-state index is 0.0104. The molecule has 0 spiro atoms. The predicted octanol–water partition coefficient (Wildman–Crippen LogP) is 1.40. The molecular weight excluding hydrogens is 232 g/mol. The van der Waals surface area contributed by atoms with Crippen molar-refractivity contribution in [2.24, 2.45) is 13.0 Å². The Kier molecular flexibility index (Phi) is 3.23. The van der Waals surface area contributed by atoms with E-state index < -0.39 is 0 Å². The van der Waals surface area contributed by atoms with Gasteiger partial charge in [0.1, 0.15) is 0 Å². The fourth-order valence-electron chi connectivity index (χ4n) is 1.68. The minimum Gasteiger partial charge on any atom is -0.408 e. The van der Waals surface area contributed by atoms with Gasteiger partial charge in [0.15, 0.2) is 5.58 Å². The zero-order chi connectivity index (χ0) is 13.3. The number of fused-ring (bicyclic) bond motifs is 1. The van der Waals surface area contributed by atoms with E-state index >= 15 is 0 Å². The number of aromatic nitrogens is 1. The van der Waals surface area contributed by atoms with Gasteiger partial charge in [-0.3, -0.25) is 9.36 Å². The van der Waals surface area contributed by atoms with E-state index in [1.165, 1.54) is 4.57 Å². The molecule has 0 saturated heterocycles. The first-order valence-electron chi connectivity index (χ1n) is 5.85. The lowest BCUT2D eigenvalue weighted by Gasteiger charge is -2.07. The normalized spacial score (nSPS) is 11.1. The molecule has 2 rings (SSSR count). The Labute approximate surface area is 104 Å². The fraction of sp³-hybridized carbons (Fsp3) is 0.385. The SMILES string of the molecule is CC(C)C(=O)NCc1ccc2oc(=O)n(C)c2c1. The van der Waals surface area contributed by atoms with E-state index in [9.17, 15) is 9.59 Å². The lowest BCUT2D eigenvalue weighted by molar-refractivity contribution is -0.124. The van der Waals surface area contributed by atoms with E-state index in [1.807, 2.05) is 26.0 Å². The summed E-state index contributed by atoms with van der Waals surface area (Å²) in [5.41, 5.74) is 2.23. The van der Waals surface area contributed by atoms with E-state index in [2.05, 4.69) is 5.32 Å². The Morgan fingerprint density at radius 1 is 1.44 bits per heavy atom. The molecule has 0 bridgehead atoms. The molecule has 96 valence electrons. The van der Waals surface area contributed by atoms with E-state index in [1.54, 1.807) is 13.1 Å². The summed E-state index contributed by atoms with van der Waals surface area (Å²) in [6.45, 7) is 4.14. The molecule has 18 heavy (non-hydrogen) atoms. The highest BCUT2D eigenvalue weighted by Crippen LogP contribution is 2.14. The molecule has 0 radical (unpaired) electrons. The molecule has 1 aromatic carbocycles. The Bertz CT molecular complexity index is 637. The topological polar surface area (TPSA) is 64.2 Å². The molecule has 5 nitrogen and oxygen atoms in total. The van der Waals surface area contributed by atoms with Crippen LogP contribution >= 0.6 is 0 Å². The molecule has 5 heteroatoms. The molecule has 1 aromatic heterocycles. The molecule has 1 heterocycles. The van der Waals surface area contributed by atoms with E-state index in [-0.39, 0.29) is 17.6 Å². The Hall–Kier alpha value is -2.04. The summed E-state index contributed by atoms with van der Waals surface area (Å²) in [4.78, 5) is 22.8. The molecule has 0 atom stereocenters. The smallest absolute Gasteiger partial charge is 0.408 e. The van der Waals surface area contributed by atoms with E-state index in [0.29, 0.717) is 12.1 Å². The van der Waals surface area contributed by atoms with E-state index in [4.69, 9.17) is 4.42 Å². The average Bonchev–Trinajstić information content (AvgIpc) is 2.62. The van der Waals surface area contributed by atoms with Crippen molar-refractivity contribution in [2.75, 3.05) is 0 Å². The molecule has 0 aliphatic heterocycles. The first-order chi connectivity index (χ1) is 8.49. The first-order valence-corrected chi connectivity index (χ1v) is 5.85. The van der Waals surface area contributed by atoms with Crippen LogP contribution in [-0.4, -0.2) is 10.5 Å². The van der Waals surface area contributed by atoms with Gasteiger partial charge in [-0.25, -0.2) is 4.79 Å². The third-order valence-corrected chi connectivity index (χ3v) is 2.85. The summed E-state index contributed by atoms with van der Waals surface area (Å²) in [6, 6.07) is 5.43. The summed E-state index contributed by atoms with van der Waals surface area (Å²) in [6.07, 6.45) is 0. The van der Waals surface area contributed by atoms with Crippen molar-refractivity contribution in [3.05, 3.63) is 34.3 Å². The second kappa shape index (κ2) is 4.68. The number of benzene rings is 1. The number of nitrogens with one attached hydrogen (secondary N) is 1. The van der Waals surface area contributed by atoms with Gasteiger partial charge in [-0.1, -0.05) is 19.9 Å². The number of rotatable bonds is 3. The van der Waals surface area contributed by atoms with Gasteiger partial charge in [-0.15, -0.1) is 0 Å². The van der Waals surface area contributed by atoms with Crippen LogP contribution in [0.25, 0.3) is 11.1 Å². The largest absolute Gasteiger partial charge is 0.419 e. The predicted molar refractivity (Wildman–Crippen MR) is 68.1 cm³/mol. The third-order valence-electron chi connectivity index (χ3n) is 2.85. The van der Waals surface area contributed by atoms with Crippen LogP contribution in [0.5, 0.6) is 0 Å². The quantitative estimate of drug-likeness (QED) is 0.893. The van der Waals surface area contributed by atoms with Crippen LogP contribution in [0, 0.1) is 5.92 Å². The van der Waals surface area contributed by atoms with Gasteiger partial charge >= 0.3 is 5.76 Å². The standard InChI is InChI=1S/C13H16N2O3/c1-8(2)12(16)14-7-9-4-5-11-10(6-9)15(3)13(17)18-11/h4-6,8H,7H2,1-3H3,(H,14,16). The Balaban J connectivity index is 2.22. The minimum atomic E-state index is -0.381. The molecule has 0 unspecified atom stereocenters. The lowest BCUT2D eigenvalue weighted by atomic mass is 10.1. The highest BCUT2D eigenvalue weighted by atomic mass is 16.4. The van der Waals surface area contributed by atoms with Crippen LogP contribution in [0.2, 0.25) is 0 Å². The summed E-state index contributed by atoms with van der Waals surface area (Å²) in [7, 11) is 1.66. The average molecular weight is 248 g/mol. The molecule has 2 aromatic rings. The molecular formula is C13H16N2O3. The Morgan fingerprint density at radius 3 is 2.83 bits per heavy atom. The van der Waals surface area contributed by atoms with Crippen LogP contribution in [0.15, 0.2) is 27.4 Å². The van der Waals surface area contributed by atoms with Gasteiger partial charge in [0.05, 0.1) is 5.52 Å². The van der Waals surface area contributed by atoms with Gasteiger partial charge in [-0.2, -0.15) is 0 Å². The zero-order valence-corrected chi connectivity index (χ0v) is 10.7. The maximum atomic E-state index is 11.5. The van der Waals surface area contributed by atoms with Gasteiger partial charge in [0.25, 0.3) is 0 Å². The van der Waals surface area contributed by atoms with Crippen molar-refractivity contribution in [1.29, 1.82) is 0 Å². The molecule has 1 N–H and O–H groups in total. The molecule has 0 fully saturated rings. The zero-order valence-electron chi connectivity index (χ0n) is 10.7. The van der Waals surface area contributed by atoms with Crippen LogP contribution < -0.4 is 11.1 Å². The van der Waals surface area contributed by atoms with Gasteiger partial charge < -0.3 is 9.73 Å². The number of carbonyl (C=O) groups excluding carboxylic acids is 1. The summed E-state index contributed by atoms with van der Waals surface area (Å²) in [5, 5.41) is 2.83. The number of oxazole rings is 1. The Morgan fingerprint density at radius 2 is 2.17 bits per heavy atom. The van der Waals surface area contributed by atoms with Gasteiger partial charge in [-0.05, 0) is 17.7 Å². The van der Waals surface area contributed by atoms with Crippen molar-refractivity contribution >= 4 is 17.0 Å². The molecule has 0 aliphatic rings. The van der Waals surface area contributed by atoms with Gasteiger partial charge in [0.2, 0.25) is 5.91 Å². The number of carbonyl (C=O) groups is 1. The summed E-state index contributed by atoms with van der Waals surface area (Å²) >= 11 is 0. The van der Waals surface area contributed by atoms with Crippen LogP contribution in [-0.2, 0) is 18.4 Å².